The van der Waals surface area contributed by atoms with Crippen LogP contribution < -0.4 is 15.4 Å². The quantitative estimate of drug-likeness (QED) is 0.383. The molecule has 0 aliphatic carbocycles. The third-order valence-corrected chi connectivity index (χ3v) is 6.34. The number of halogens is 2. The molecule has 1 aliphatic heterocycles. The van der Waals surface area contributed by atoms with Crippen molar-refractivity contribution in [3.05, 3.63) is 40.9 Å². The smallest absolute Gasteiger partial charge is 0.256 e. The van der Waals surface area contributed by atoms with E-state index >= 15 is 0 Å². The molecule has 1 unspecified atom stereocenters. The lowest BCUT2D eigenvalue weighted by atomic mass is 10.1. The van der Waals surface area contributed by atoms with E-state index in [1.54, 1.807) is 27.1 Å². The van der Waals surface area contributed by atoms with Crippen LogP contribution in [0.25, 0.3) is 16.6 Å². The lowest BCUT2D eigenvalue weighted by molar-refractivity contribution is 0.392. The zero-order valence-corrected chi connectivity index (χ0v) is 19.0. The van der Waals surface area contributed by atoms with Gasteiger partial charge in [-0.3, -0.25) is 8.65 Å². The molecule has 3 aromatic heterocycles. The number of anilines is 1. The molecule has 4 rings (SSSR count). The van der Waals surface area contributed by atoms with Crippen LogP contribution in [0.5, 0.6) is 5.88 Å². The minimum absolute atomic E-state index is 0.361. The summed E-state index contributed by atoms with van der Waals surface area (Å²) in [5, 5.41) is 12.6. The molecule has 1 aliphatic rings. The predicted octanol–water partition coefficient (Wildman–Crippen LogP) is 4.08. The maximum Gasteiger partial charge on any atom is 0.256 e. The van der Waals surface area contributed by atoms with Crippen molar-refractivity contribution >= 4 is 70.4 Å². The van der Waals surface area contributed by atoms with E-state index < -0.39 is 0 Å². The summed E-state index contributed by atoms with van der Waals surface area (Å²) >= 11 is 8.59. The number of aromatic nitrogens is 4. The summed E-state index contributed by atoms with van der Waals surface area (Å²) < 4.78 is 9.02. The van der Waals surface area contributed by atoms with E-state index in [4.69, 9.17) is 16.3 Å². The number of fused-ring (bicyclic) bond motifs is 1. The minimum atomic E-state index is -0.361. The van der Waals surface area contributed by atoms with Crippen molar-refractivity contribution in [3.63, 3.8) is 0 Å². The van der Waals surface area contributed by atoms with E-state index in [0.717, 1.165) is 33.4 Å². The maximum atomic E-state index is 6.35. The Bertz CT molecular complexity index is 1110. The predicted molar refractivity (Wildman–Crippen MR) is 123 cm³/mol. The van der Waals surface area contributed by atoms with Crippen molar-refractivity contribution in [1.29, 1.82) is 0 Å². The Morgan fingerprint density at radius 1 is 1.39 bits per heavy atom. The number of ether oxygens (including phenoxy) is 1. The van der Waals surface area contributed by atoms with Crippen LogP contribution in [0.15, 0.2) is 35.2 Å². The molecule has 11 heteroatoms. The SMILES string of the molecule is COc1nn(C)cc1NC1N=CC(C)=C(c2cn(SI)c3c(Cl)nccc23)N1. The first-order chi connectivity index (χ1) is 13.5. The molecule has 4 heterocycles. The molecule has 0 saturated carbocycles. The van der Waals surface area contributed by atoms with Gasteiger partial charge in [0.1, 0.15) is 5.69 Å². The minimum Gasteiger partial charge on any atom is -0.478 e. The van der Waals surface area contributed by atoms with Crippen LogP contribution in [-0.2, 0) is 7.05 Å². The number of allylic oxidation sites excluding steroid dienone is 1. The van der Waals surface area contributed by atoms with Gasteiger partial charge < -0.3 is 15.4 Å². The van der Waals surface area contributed by atoms with Crippen LogP contribution in [0.1, 0.15) is 12.5 Å². The molecule has 0 spiro atoms. The van der Waals surface area contributed by atoms with Gasteiger partial charge in [0.25, 0.3) is 5.88 Å². The van der Waals surface area contributed by atoms with E-state index in [1.165, 1.54) is 0 Å². The van der Waals surface area contributed by atoms with Crippen LogP contribution in [0.3, 0.4) is 0 Å². The van der Waals surface area contributed by atoms with Gasteiger partial charge in [0.15, 0.2) is 11.4 Å². The van der Waals surface area contributed by atoms with Crippen molar-refractivity contribution in [2.45, 2.75) is 13.2 Å². The number of hydrogen-bond acceptors (Lipinski definition) is 7. The number of aryl methyl sites for hydroxylation is 1. The average Bonchev–Trinajstić information content (AvgIpc) is 3.24. The zero-order valence-electron chi connectivity index (χ0n) is 15.3. The summed E-state index contributed by atoms with van der Waals surface area (Å²) in [6.45, 7) is 2.02. The van der Waals surface area contributed by atoms with E-state index in [-0.39, 0.29) is 6.29 Å². The van der Waals surface area contributed by atoms with Crippen LogP contribution in [0.2, 0.25) is 5.15 Å². The highest BCUT2D eigenvalue weighted by Crippen LogP contribution is 2.36. The summed E-state index contributed by atoms with van der Waals surface area (Å²) in [7, 11) is 4.98. The van der Waals surface area contributed by atoms with Gasteiger partial charge in [-0.05, 0) is 18.6 Å². The number of nitrogens with zero attached hydrogens (tertiary/aromatic N) is 5. The number of hydrogen-bond donors (Lipinski definition) is 2. The second-order valence-corrected chi connectivity index (χ2v) is 8.26. The van der Waals surface area contributed by atoms with Crippen molar-refractivity contribution in [1.82, 2.24) is 24.1 Å². The van der Waals surface area contributed by atoms with Crippen LogP contribution >= 0.6 is 41.9 Å². The van der Waals surface area contributed by atoms with E-state index in [2.05, 4.69) is 53.1 Å². The second-order valence-electron chi connectivity index (χ2n) is 6.19. The molecule has 0 radical (unpaired) electrons. The summed E-state index contributed by atoms with van der Waals surface area (Å²) in [6, 6.07) is 1.97. The highest BCUT2D eigenvalue weighted by molar-refractivity contribution is 14.2. The molecule has 1 atom stereocenters. The van der Waals surface area contributed by atoms with Crippen LogP contribution in [-0.4, -0.2) is 38.4 Å². The highest BCUT2D eigenvalue weighted by atomic mass is 127. The molecule has 3 aromatic rings. The highest BCUT2D eigenvalue weighted by Gasteiger charge is 2.22. The lowest BCUT2D eigenvalue weighted by Gasteiger charge is -2.24. The van der Waals surface area contributed by atoms with Gasteiger partial charge in [0.2, 0.25) is 0 Å². The summed E-state index contributed by atoms with van der Waals surface area (Å²) in [5.74, 6) is 0.517. The zero-order chi connectivity index (χ0) is 19.8. The summed E-state index contributed by atoms with van der Waals surface area (Å²) in [5.41, 5.74) is 4.70. The Balaban J connectivity index is 1.70. The first-order valence-electron chi connectivity index (χ1n) is 8.31. The second kappa shape index (κ2) is 7.84. The number of rotatable bonds is 5. The maximum absolute atomic E-state index is 6.35. The van der Waals surface area contributed by atoms with Gasteiger partial charge in [-0.1, -0.05) is 11.6 Å². The Morgan fingerprint density at radius 2 is 2.21 bits per heavy atom. The third kappa shape index (κ3) is 3.44. The molecule has 2 N–H and O–H groups in total. The molecule has 0 fully saturated rings. The molecular weight excluding hydrogens is 513 g/mol. The molecule has 8 nitrogen and oxygen atoms in total. The van der Waals surface area contributed by atoms with Gasteiger partial charge in [0.05, 0.1) is 24.5 Å². The Morgan fingerprint density at radius 3 is 2.96 bits per heavy atom. The van der Waals surface area contributed by atoms with Crippen molar-refractivity contribution in [2.75, 3.05) is 12.4 Å². The van der Waals surface area contributed by atoms with Gasteiger partial charge >= 0.3 is 0 Å². The van der Waals surface area contributed by atoms with Crippen molar-refractivity contribution in [3.8, 4) is 5.88 Å². The topological polar surface area (TPSA) is 81.3 Å². The molecule has 146 valence electrons. The average molecular weight is 530 g/mol. The van der Waals surface area contributed by atoms with Gasteiger partial charge in [-0.25, -0.2) is 9.98 Å². The number of aliphatic imine (C=N–C) groups is 1. The molecule has 0 aromatic carbocycles. The fourth-order valence-corrected chi connectivity index (χ4v) is 4.76. The third-order valence-electron chi connectivity index (χ3n) is 4.35. The largest absolute Gasteiger partial charge is 0.478 e. The molecular formula is C17H17ClIN7OS. The monoisotopic (exact) mass is 529 g/mol. The van der Waals surface area contributed by atoms with Crippen molar-refractivity contribution in [2.24, 2.45) is 12.0 Å². The van der Waals surface area contributed by atoms with E-state index in [0.29, 0.717) is 11.0 Å². The lowest BCUT2D eigenvalue weighted by Crippen LogP contribution is -2.36. The van der Waals surface area contributed by atoms with E-state index in [9.17, 15) is 0 Å². The van der Waals surface area contributed by atoms with Crippen LogP contribution in [0.4, 0.5) is 5.69 Å². The molecule has 0 bridgehead atoms. The first kappa shape index (κ1) is 19.4. The Labute approximate surface area is 183 Å². The number of pyridine rings is 1. The fourth-order valence-electron chi connectivity index (χ4n) is 3.13. The van der Waals surface area contributed by atoms with E-state index in [1.807, 2.05) is 36.4 Å². The number of methoxy groups -OCH3 is 1. The standard InChI is InChI=1S/C17H17ClIN7OS/c1-9-6-21-17(22-12-8-25(2)24-16(12)27-3)23-13(9)11-7-26(28-19)14-10(11)4-5-20-15(14)18/h4-8,17,22-23H,1-3H3. The molecule has 0 amide bonds. The first-order valence-corrected chi connectivity index (χ1v) is 12.0. The molecule has 0 saturated heterocycles. The molecule has 28 heavy (non-hydrogen) atoms. The summed E-state index contributed by atoms with van der Waals surface area (Å²) in [4.78, 5) is 8.76. The number of nitrogens with one attached hydrogen (secondary N) is 2. The Hall–Kier alpha value is -1.92. The van der Waals surface area contributed by atoms with Crippen molar-refractivity contribution < 1.29 is 4.74 Å². The van der Waals surface area contributed by atoms with Gasteiger partial charge in [-0.2, -0.15) is 0 Å². The normalized spacial score (nSPS) is 16.5. The summed E-state index contributed by atoms with van der Waals surface area (Å²) in [6.07, 6.45) is 7.13. The fraction of sp³-hybridized carbons (Fsp3) is 0.235. The van der Waals surface area contributed by atoms with Gasteiger partial charge in [-0.15, -0.1) is 5.10 Å². The van der Waals surface area contributed by atoms with Gasteiger partial charge in [0, 0.05) is 66.9 Å². The Kier molecular flexibility index (Phi) is 5.43. The van der Waals surface area contributed by atoms with Crippen LogP contribution in [0, 0.1) is 0 Å².